The molecule has 18 heavy (non-hydrogen) atoms. The normalized spacial score (nSPS) is 10.4. The van der Waals surface area contributed by atoms with Gasteiger partial charge in [0, 0.05) is 6.04 Å². The summed E-state index contributed by atoms with van der Waals surface area (Å²) < 4.78 is 0. The molecule has 0 atom stereocenters. The Morgan fingerprint density at radius 1 is 1.61 bits per heavy atom. The number of aromatic nitrogens is 2. The van der Waals surface area contributed by atoms with Crippen molar-refractivity contribution in [2.75, 3.05) is 6.54 Å². The Bertz CT molecular complexity index is 481. The molecule has 98 valence electrons. The van der Waals surface area contributed by atoms with Gasteiger partial charge < -0.3 is 20.1 Å². The number of carboxylic acids is 1. The number of nitrogens with zero attached hydrogens (tertiary/aromatic N) is 3. The van der Waals surface area contributed by atoms with Gasteiger partial charge >= 0.3 is 11.8 Å². The second-order valence-electron chi connectivity index (χ2n) is 3.82. The molecule has 0 spiro atoms. The minimum absolute atomic E-state index is 0.184. The molecule has 9 heteroatoms. The third-order valence-corrected chi connectivity index (χ3v) is 2.17. The predicted molar refractivity (Wildman–Crippen MR) is 59.1 cm³/mol. The van der Waals surface area contributed by atoms with Crippen molar-refractivity contribution in [2.24, 2.45) is 0 Å². The van der Waals surface area contributed by atoms with Crippen LogP contribution in [0.4, 0.5) is 5.82 Å². The van der Waals surface area contributed by atoms with E-state index in [1.54, 1.807) is 13.8 Å². The average molecular weight is 256 g/mol. The summed E-state index contributed by atoms with van der Waals surface area (Å²) in [5, 5.41) is 24.7. The lowest BCUT2D eigenvalue weighted by molar-refractivity contribution is -0.389. The number of carbonyl (C=O) groups is 2. The summed E-state index contributed by atoms with van der Waals surface area (Å²) in [6.07, 6.45) is 0. The first-order chi connectivity index (χ1) is 8.32. The van der Waals surface area contributed by atoms with Crippen LogP contribution in [0.15, 0.2) is 6.07 Å². The van der Waals surface area contributed by atoms with E-state index in [0.29, 0.717) is 0 Å². The van der Waals surface area contributed by atoms with E-state index < -0.39 is 29.2 Å². The first-order valence-electron chi connectivity index (χ1n) is 5.05. The highest BCUT2D eigenvalue weighted by atomic mass is 16.6. The van der Waals surface area contributed by atoms with Crippen LogP contribution in [-0.4, -0.2) is 49.6 Å². The topological polar surface area (TPSA) is 129 Å². The fourth-order valence-electron chi connectivity index (χ4n) is 1.30. The fourth-order valence-corrected chi connectivity index (χ4v) is 1.30. The zero-order valence-electron chi connectivity index (χ0n) is 9.78. The third kappa shape index (κ3) is 3.03. The van der Waals surface area contributed by atoms with Gasteiger partial charge in [0.05, 0.1) is 6.07 Å². The third-order valence-electron chi connectivity index (χ3n) is 2.17. The molecular formula is C9H12N4O5. The van der Waals surface area contributed by atoms with Crippen molar-refractivity contribution in [3.63, 3.8) is 0 Å². The van der Waals surface area contributed by atoms with Gasteiger partial charge in [0.2, 0.25) is 0 Å². The van der Waals surface area contributed by atoms with Gasteiger partial charge in [0.1, 0.15) is 6.54 Å². The van der Waals surface area contributed by atoms with E-state index in [9.17, 15) is 19.7 Å². The summed E-state index contributed by atoms with van der Waals surface area (Å²) in [4.78, 5) is 33.3. The Morgan fingerprint density at radius 2 is 2.22 bits per heavy atom. The lowest BCUT2D eigenvalue weighted by Crippen LogP contribution is -2.40. The number of rotatable bonds is 5. The number of carbonyl (C=O) groups excluding carboxylic acids is 1. The Hall–Kier alpha value is -2.45. The van der Waals surface area contributed by atoms with Gasteiger partial charge in [-0.1, -0.05) is 5.10 Å². The van der Waals surface area contributed by atoms with Crippen molar-refractivity contribution in [3.05, 3.63) is 21.9 Å². The number of aliphatic carboxylic acids is 1. The summed E-state index contributed by atoms with van der Waals surface area (Å²) in [5.74, 6) is -2.25. The molecule has 1 aromatic rings. The maximum Gasteiger partial charge on any atom is 0.343 e. The number of amides is 1. The number of carboxylic acid groups (broad SMARTS) is 1. The minimum Gasteiger partial charge on any atom is -0.480 e. The monoisotopic (exact) mass is 256 g/mol. The standard InChI is InChI=1S/C9H12N4O5/c1-5(2)12(4-8(14)15)9(16)6-3-7(11-10-6)13(17)18/h3,5H,4H2,1-2H3,(H,10,11)(H,14,15). The Morgan fingerprint density at radius 3 is 2.61 bits per heavy atom. The van der Waals surface area contributed by atoms with Gasteiger partial charge in [-0.3, -0.25) is 9.59 Å². The molecule has 1 rings (SSSR count). The molecule has 2 N–H and O–H groups in total. The first-order valence-corrected chi connectivity index (χ1v) is 5.05. The zero-order chi connectivity index (χ0) is 13.9. The number of nitro groups is 1. The molecule has 0 unspecified atom stereocenters. The molecule has 0 radical (unpaired) electrons. The molecule has 1 aromatic heterocycles. The summed E-state index contributed by atoms with van der Waals surface area (Å²) in [5.41, 5.74) is -0.184. The van der Waals surface area contributed by atoms with Crippen molar-refractivity contribution in [2.45, 2.75) is 19.9 Å². The van der Waals surface area contributed by atoms with Crippen LogP contribution in [0.2, 0.25) is 0 Å². The Balaban J connectivity index is 2.94. The van der Waals surface area contributed by atoms with Crippen LogP contribution in [0.5, 0.6) is 0 Å². The highest BCUT2D eigenvalue weighted by molar-refractivity contribution is 5.94. The van der Waals surface area contributed by atoms with Gasteiger partial charge in [0.15, 0.2) is 5.69 Å². The highest BCUT2D eigenvalue weighted by Gasteiger charge is 2.25. The van der Waals surface area contributed by atoms with Crippen molar-refractivity contribution < 1.29 is 19.6 Å². The van der Waals surface area contributed by atoms with Crippen molar-refractivity contribution in [3.8, 4) is 0 Å². The van der Waals surface area contributed by atoms with Gasteiger partial charge in [-0.15, -0.1) is 5.10 Å². The molecule has 0 bridgehead atoms. The largest absolute Gasteiger partial charge is 0.480 e. The highest BCUT2D eigenvalue weighted by Crippen LogP contribution is 2.12. The molecule has 0 saturated carbocycles. The minimum atomic E-state index is -1.16. The van der Waals surface area contributed by atoms with Crippen LogP contribution < -0.4 is 0 Å². The van der Waals surface area contributed by atoms with Gasteiger partial charge in [-0.2, -0.15) is 0 Å². The van der Waals surface area contributed by atoms with Gasteiger partial charge in [0.25, 0.3) is 5.91 Å². The predicted octanol–water partition coefficient (Wildman–Crippen LogP) is 0.253. The molecule has 0 fully saturated rings. The zero-order valence-corrected chi connectivity index (χ0v) is 9.78. The summed E-state index contributed by atoms with van der Waals surface area (Å²) in [7, 11) is 0. The fraction of sp³-hybridized carbons (Fsp3) is 0.444. The molecule has 1 heterocycles. The average Bonchev–Trinajstić information content (AvgIpc) is 2.73. The number of H-pyrrole nitrogens is 1. The van der Waals surface area contributed by atoms with Gasteiger partial charge in [-0.25, -0.2) is 0 Å². The maximum absolute atomic E-state index is 11.9. The molecule has 0 aliphatic heterocycles. The van der Waals surface area contributed by atoms with Crippen LogP contribution in [0.1, 0.15) is 24.3 Å². The molecule has 1 amide bonds. The van der Waals surface area contributed by atoms with E-state index >= 15 is 0 Å². The number of hydrogen-bond donors (Lipinski definition) is 2. The van der Waals surface area contributed by atoms with Crippen molar-refractivity contribution in [1.29, 1.82) is 0 Å². The molecule has 0 aliphatic rings. The molecule has 0 saturated heterocycles. The van der Waals surface area contributed by atoms with E-state index in [4.69, 9.17) is 5.11 Å². The number of nitrogens with one attached hydrogen (secondary N) is 1. The quantitative estimate of drug-likeness (QED) is 0.573. The van der Waals surface area contributed by atoms with Crippen molar-refractivity contribution >= 4 is 17.7 Å². The van der Waals surface area contributed by atoms with Gasteiger partial charge in [-0.05, 0) is 18.8 Å². The smallest absolute Gasteiger partial charge is 0.343 e. The number of aromatic amines is 1. The Kier molecular flexibility index (Phi) is 3.97. The van der Waals surface area contributed by atoms with Crippen LogP contribution >= 0.6 is 0 Å². The van der Waals surface area contributed by atoms with E-state index in [1.165, 1.54) is 0 Å². The van der Waals surface area contributed by atoms with E-state index in [0.717, 1.165) is 11.0 Å². The first kappa shape index (κ1) is 13.6. The van der Waals surface area contributed by atoms with Crippen LogP contribution in [0.3, 0.4) is 0 Å². The lowest BCUT2D eigenvalue weighted by Gasteiger charge is -2.23. The lowest BCUT2D eigenvalue weighted by atomic mass is 10.2. The summed E-state index contributed by atoms with van der Waals surface area (Å²) in [6, 6.07) is 0.615. The van der Waals surface area contributed by atoms with Crippen molar-refractivity contribution in [1.82, 2.24) is 15.1 Å². The summed E-state index contributed by atoms with van der Waals surface area (Å²) in [6.45, 7) is 2.79. The molecular weight excluding hydrogens is 244 g/mol. The second-order valence-corrected chi connectivity index (χ2v) is 3.82. The van der Waals surface area contributed by atoms with E-state index in [-0.39, 0.29) is 11.7 Å². The second kappa shape index (κ2) is 5.25. The van der Waals surface area contributed by atoms with Crippen LogP contribution in [0, 0.1) is 10.1 Å². The summed E-state index contributed by atoms with van der Waals surface area (Å²) >= 11 is 0. The molecule has 9 nitrogen and oxygen atoms in total. The SMILES string of the molecule is CC(C)N(CC(=O)O)C(=O)c1cc([N+](=O)[O-])[nH]n1. The number of hydrogen-bond acceptors (Lipinski definition) is 5. The van der Waals surface area contributed by atoms with E-state index in [2.05, 4.69) is 10.2 Å². The molecule has 0 aliphatic carbocycles. The molecule has 0 aromatic carbocycles. The maximum atomic E-state index is 11.9. The Labute approximate surface area is 102 Å². The van der Waals surface area contributed by atoms with Crippen LogP contribution in [0.25, 0.3) is 0 Å². The van der Waals surface area contributed by atoms with E-state index in [1.807, 2.05) is 0 Å². The van der Waals surface area contributed by atoms with Crippen LogP contribution in [-0.2, 0) is 4.79 Å².